The first-order chi connectivity index (χ1) is 9.24. The highest BCUT2D eigenvalue weighted by Crippen LogP contribution is 2.30. The van der Waals surface area contributed by atoms with Crippen molar-refractivity contribution >= 4 is 5.91 Å². The number of amides is 1. The molecule has 1 heterocycles. The molecule has 6 atom stereocenters. The Morgan fingerprint density at radius 3 is 2.60 bits per heavy atom. The molecule has 0 aromatic rings. The fraction of sp³-hybridized carbons (Fsp3) is 0.909. The summed E-state index contributed by atoms with van der Waals surface area (Å²) in [5, 5.41) is 50.0. The van der Waals surface area contributed by atoms with Crippen molar-refractivity contribution in [3.63, 3.8) is 0 Å². The van der Waals surface area contributed by atoms with Crippen LogP contribution in [0.4, 0.5) is 4.39 Å². The van der Waals surface area contributed by atoms with Gasteiger partial charge in [0.2, 0.25) is 5.91 Å². The van der Waals surface area contributed by atoms with E-state index >= 15 is 0 Å². The summed E-state index contributed by atoms with van der Waals surface area (Å²) in [5.74, 6) is -2.87. The molecule has 0 radical (unpaired) electrons. The third kappa shape index (κ3) is 3.84. The second kappa shape index (κ2) is 6.74. The van der Waals surface area contributed by atoms with Gasteiger partial charge in [0, 0.05) is 13.3 Å². The van der Waals surface area contributed by atoms with E-state index in [0.29, 0.717) is 0 Å². The summed E-state index contributed by atoms with van der Waals surface area (Å²) in [5.41, 5.74) is 0. The minimum absolute atomic E-state index is 0.507. The molecule has 0 aromatic heterocycles. The lowest BCUT2D eigenvalue weighted by Crippen LogP contribution is -2.66. The molecule has 0 spiro atoms. The lowest BCUT2D eigenvalue weighted by molar-refractivity contribution is -0.305. The predicted octanol–water partition coefficient (Wildman–Crippen LogP) is -2.99. The number of carbonyl (C=O) groups is 1. The summed E-state index contributed by atoms with van der Waals surface area (Å²) in [6, 6.07) is -1.16. The summed E-state index contributed by atoms with van der Waals surface area (Å²) in [7, 11) is 0. The van der Waals surface area contributed by atoms with Crippen LogP contribution in [0.15, 0.2) is 0 Å². The molecule has 1 fully saturated rings. The normalized spacial score (nSPS) is 37.2. The first kappa shape index (κ1) is 17.2. The number of aliphatic hydroxyl groups excluding tert-OH is 4. The molecular weight excluding hydrogens is 277 g/mol. The molecule has 1 saturated heterocycles. The third-order valence-electron chi connectivity index (χ3n) is 3.15. The minimum Gasteiger partial charge on any atom is -0.394 e. The van der Waals surface area contributed by atoms with Crippen LogP contribution < -0.4 is 5.32 Å². The molecular formula is C11H20FNO7. The van der Waals surface area contributed by atoms with E-state index in [1.54, 1.807) is 0 Å². The average molecular weight is 297 g/mol. The minimum atomic E-state index is -2.32. The van der Waals surface area contributed by atoms with E-state index in [9.17, 15) is 29.6 Å². The van der Waals surface area contributed by atoms with Gasteiger partial charge in [-0.05, 0) is 0 Å². The van der Waals surface area contributed by atoms with Crippen LogP contribution in [0, 0.1) is 0 Å². The van der Waals surface area contributed by atoms with E-state index in [2.05, 4.69) is 5.32 Å². The average Bonchev–Trinajstić information content (AvgIpc) is 2.39. The summed E-state index contributed by atoms with van der Waals surface area (Å²) >= 11 is 0. The number of aliphatic hydroxyl groups is 5. The highest BCUT2D eigenvalue weighted by molar-refractivity contribution is 5.73. The van der Waals surface area contributed by atoms with E-state index < -0.39 is 61.9 Å². The molecule has 6 N–H and O–H groups in total. The zero-order chi connectivity index (χ0) is 15.5. The highest BCUT2D eigenvalue weighted by atomic mass is 19.1. The van der Waals surface area contributed by atoms with Crippen LogP contribution in [0.1, 0.15) is 13.3 Å². The summed E-state index contributed by atoms with van der Waals surface area (Å²) < 4.78 is 17.8. The molecule has 0 saturated carbocycles. The monoisotopic (exact) mass is 297 g/mol. The van der Waals surface area contributed by atoms with Gasteiger partial charge in [-0.15, -0.1) is 0 Å². The number of halogens is 1. The number of rotatable bonds is 5. The van der Waals surface area contributed by atoms with Crippen LogP contribution in [0.2, 0.25) is 0 Å². The Kier molecular flexibility index (Phi) is 5.80. The Labute approximate surface area is 114 Å². The molecule has 0 aliphatic carbocycles. The number of hydrogen-bond acceptors (Lipinski definition) is 7. The van der Waals surface area contributed by atoms with E-state index in [1.165, 1.54) is 0 Å². The maximum absolute atomic E-state index is 12.8. The second-order valence-electron chi connectivity index (χ2n) is 4.90. The van der Waals surface area contributed by atoms with Gasteiger partial charge in [-0.3, -0.25) is 4.79 Å². The van der Waals surface area contributed by atoms with Gasteiger partial charge in [-0.1, -0.05) is 0 Å². The van der Waals surface area contributed by atoms with Crippen LogP contribution in [-0.2, 0) is 9.53 Å². The zero-order valence-corrected chi connectivity index (χ0v) is 10.9. The second-order valence-corrected chi connectivity index (χ2v) is 4.90. The SMILES string of the molecule is CC(=O)N[C@H]1[C@H]([C@H](O)[C@H](O)CO)O[C@](O)(CF)C[C@@H]1O. The van der Waals surface area contributed by atoms with Crippen LogP contribution in [-0.4, -0.2) is 81.0 Å². The lowest BCUT2D eigenvalue weighted by Gasteiger charge is -2.45. The van der Waals surface area contributed by atoms with Gasteiger partial charge in [0.1, 0.15) is 25.0 Å². The van der Waals surface area contributed by atoms with Crippen molar-refractivity contribution in [2.75, 3.05) is 13.3 Å². The Morgan fingerprint density at radius 1 is 1.55 bits per heavy atom. The molecule has 0 aromatic carbocycles. The smallest absolute Gasteiger partial charge is 0.217 e. The van der Waals surface area contributed by atoms with Crippen LogP contribution in [0.25, 0.3) is 0 Å². The molecule has 1 amide bonds. The molecule has 1 aliphatic rings. The highest BCUT2D eigenvalue weighted by Gasteiger charge is 2.50. The lowest BCUT2D eigenvalue weighted by atomic mass is 9.89. The maximum atomic E-state index is 12.8. The van der Waals surface area contributed by atoms with E-state index in [0.717, 1.165) is 6.92 Å². The number of hydrogen-bond donors (Lipinski definition) is 6. The number of ether oxygens (including phenoxy) is 1. The molecule has 1 aliphatic heterocycles. The molecule has 8 nitrogen and oxygen atoms in total. The van der Waals surface area contributed by atoms with Crippen molar-refractivity contribution in [1.82, 2.24) is 5.32 Å². The van der Waals surface area contributed by atoms with E-state index in [-0.39, 0.29) is 0 Å². The van der Waals surface area contributed by atoms with Crippen LogP contribution in [0.3, 0.4) is 0 Å². The van der Waals surface area contributed by atoms with Crippen LogP contribution >= 0.6 is 0 Å². The van der Waals surface area contributed by atoms with Crippen LogP contribution in [0.5, 0.6) is 0 Å². The van der Waals surface area contributed by atoms with Crippen molar-refractivity contribution in [3.8, 4) is 0 Å². The van der Waals surface area contributed by atoms with Gasteiger partial charge in [0.05, 0.1) is 18.8 Å². The third-order valence-corrected chi connectivity index (χ3v) is 3.15. The standard InChI is InChI=1S/C11H20FNO7/c1-5(15)13-8-6(16)2-11(19,4-12)20-10(8)9(18)7(17)3-14/h6-10,14,16-19H,2-4H2,1H3,(H,13,15)/t6-,7+,8+,9+,10+,11-/m0/s1. The summed E-state index contributed by atoms with van der Waals surface area (Å²) in [6.45, 7) is -0.984. The quantitative estimate of drug-likeness (QED) is 0.318. The van der Waals surface area contributed by atoms with Gasteiger partial charge in [-0.2, -0.15) is 0 Å². The number of alkyl halides is 1. The van der Waals surface area contributed by atoms with Gasteiger partial charge in [0.15, 0.2) is 5.79 Å². The first-order valence-electron chi connectivity index (χ1n) is 6.12. The fourth-order valence-electron chi connectivity index (χ4n) is 2.16. The number of carbonyl (C=O) groups excluding carboxylic acids is 1. The first-order valence-corrected chi connectivity index (χ1v) is 6.12. The van der Waals surface area contributed by atoms with Gasteiger partial charge in [0.25, 0.3) is 0 Å². The van der Waals surface area contributed by atoms with Gasteiger partial charge >= 0.3 is 0 Å². The largest absolute Gasteiger partial charge is 0.394 e. The Balaban J connectivity index is 2.98. The summed E-state index contributed by atoms with van der Waals surface area (Å²) in [6.07, 6.45) is -6.74. The van der Waals surface area contributed by atoms with E-state index in [4.69, 9.17) is 9.84 Å². The van der Waals surface area contributed by atoms with Crippen molar-refractivity contribution in [2.24, 2.45) is 0 Å². The van der Waals surface area contributed by atoms with E-state index in [1.807, 2.05) is 0 Å². The molecule has 118 valence electrons. The number of nitrogens with one attached hydrogen (secondary N) is 1. The van der Waals surface area contributed by atoms with Gasteiger partial charge < -0.3 is 35.6 Å². The van der Waals surface area contributed by atoms with Crippen molar-refractivity contribution in [1.29, 1.82) is 0 Å². The van der Waals surface area contributed by atoms with Crippen molar-refractivity contribution < 1.29 is 39.5 Å². The molecule has 0 unspecified atom stereocenters. The van der Waals surface area contributed by atoms with Gasteiger partial charge in [-0.25, -0.2) is 4.39 Å². The summed E-state index contributed by atoms with van der Waals surface area (Å²) in [4.78, 5) is 11.1. The maximum Gasteiger partial charge on any atom is 0.217 e. The van der Waals surface area contributed by atoms with Crippen molar-refractivity contribution in [2.45, 2.75) is 49.6 Å². The fourth-order valence-corrected chi connectivity index (χ4v) is 2.16. The Morgan fingerprint density at radius 2 is 2.15 bits per heavy atom. The zero-order valence-electron chi connectivity index (χ0n) is 10.9. The topological polar surface area (TPSA) is 139 Å². The predicted molar refractivity (Wildman–Crippen MR) is 63.1 cm³/mol. The molecule has 1 rings (SSSR count). The Hall–Kier alpha value is -0.840. The van der Waals surface area contributed by atoms with Crippen molar-refractivity contribution in [3.05, 3.63) is 0 Å². The molecule has 0 bridgehead atoms. The molecule has 20 heavy (non-hydrogen) atoms. The Bertz CT molecular complexity index is 345. The molecule has 9 heteroatoms.